The molecule has 0 bridgehead atoms. The lowest BCUT2D eigenvalue weighted by atomic mass is 10.0. The summed E-state index contributed by atoms with van der Waals surface area (Å²) in [6.07, 6.45) is 0. The van der Waals surface area contributed by atoms with Gasteiger partial charge in [0.1, 0.15) is 0 Å². The predicted octanol–water partition coefficient (Wildman–Crippen LogP) is 9.35. The molecule has 0 fully saturated rings. The maximum Gasteiger partial charge on any atom is 0.0562 e. The highest BCUT2D eigenvalue weighted by Gasteiger charge is 2.15. The third-order valence-electron chi connectivity index (χ3n) is 6.94. The van der Waals surface area contributed by atoms with Gasteiger partial charge in [-0.15, -0.1) is 0 Å². The van der Waals surface area contributed by atoms with Crippen molar-refractivity contribution in [2.45, 2.75) is 0 Å². The fraction of sp³-hybridized carbons (Fsp3) is 0. The van der Waals surface area contributed by atoms with Crippen molar-refractivity contribution in [3.63, 3.8) is 0 Å². The van der Waals surface area contributed by atoms with Gasteiger partial charge in [0.2, 0.25) is 0 Å². The number of rotatable bonds is 4. The van der Waals surface area contributed by atoms with Gasteiger partial charge in [-0.2, -0.15) is 0 Å². The fourth-order valence-corrected chi connectivity index (χ4v) is 5.27. The number of aromatic nitrogens is 1. The Hall–Kier alpha value is -4.82. The Kier molecular flexibility index (Phi) is 4.82. The van der Waals surface area contributed by atoms with Crippen LogP contribution < -0.4 is 5.32 Å². The average molecular weight is 461 g/mol. The van der Waals surface area contributed by atoms with E-state index in [1.54, 1.807) is 0 Å². The minimum absolute atomic E-state index is 1.08. The molecule has 36 heavy (non-hydrogen) atoms. The van der Waals surface area contributed by atoms with Gasteiger partial charge in [0.25, 0.3) is 0 Å². The summed E-state index contributed by atoms with van der Waals surface area (Å²) in [5.74, 6) is 0. The summed E-state index contributed by atoms with van der Waals surface area (Å²) in [7, 11) is 0. The smallest absolute Gasteiger partial charge is 0.0562 e. The van der Waals surface area contributed by atoms with Crippen molar-refractivity contribution < 1.29 is 0 Å². The van der Waals surface area contributed by atoms with Gasteiger partial charge in [0.05, 0.1) is 11.0 Å². The summed E-state index contributed by atoms with van der Waals surface area (Å²) < 4.78 is 2.35. The molecule has 0 atom stereocenters. The predicted molar refractivity (Wildman–Crippen MR) is 153 cm³/mol. The van der Waals surface area contributed by atoms with Gasteiger partial charge in [0.15, 0.2) is 0 Å². The highest BCUT2D eigenvalue weighted by Crippen LogP contribution is 2.38. The van der Waals surface area contributed by atoms with Gasteiger partial charge in [-0.3, -0.25) is 0 Å². The van der Waals surface area contributed by atoms with Crippen LogP contribution in [0.3, 0.4) is 0 Å². The third kappa shape index (κ3) is 3.43. The molecule has 6 aromatic carbocycles. The van der Waals surface area contributed by atoms with Gasteiger partial charge < -0.3 is 9.88 Å². The Bertz CT molecular complexity index is 1850. The van der Waals surface area contributed by atoms with Crippen molar-refractivity contribution in [3.8, 4) is 16.8 Å². The first-order valence-electron chi connectivity index (χ1n) is 12.3. The van der Waals surface area contributed by atoms with Crippen LogP contribution in [0.1, 0.15) is 0 Å². The van der Waals surface area contributed by atoms with Crippen LogP contribution in [-0.2, 0) is 0 Å². The molecule has 1 N–H and O–H groups in total. The monoisotopic (exact) mass is 460 g/mol. The summed E-state index contributed by atoms with van der Waals surface area (Å²) >= 11 is 0. The Labute approximate surface area is 210 Å². The Morgan fingerprint density at radius 2 is 1.17 bits per heavy atom. The third-order valence-corrected chi connectivity index (χ3v) is 6.94. The van der Waals surface area contributed by atoms with Crippen molar-refractivity contribution in [1.29, 1.82) is 0 Å². The zero-order chi connectivity index (χ0) is 23.9. The Morgan fingerprint density at radius 1 is 0.472 bits per heavy atom. The molecule has 0 aliphatic heterocycles. The van der Waals surface area contributed by atoms with E-state index in [2.05, 4.69) is 149 Å². The minimum Gasteiger partial charge on any atom is -0.355 e. The topological polar surface area (TPSA) is 17.0 Å². The Balaban J connectivity index is 1.33. The summed E-state index contributed by atoms with van der Waals surface area (Å²) in [5.41, 5.74) is 8.24. The quantitative estimate of drug-likeness (QED) is 0.277. The van der Waals surface area contributed by atoms with Crippen molar-refractivity contribution in [2.75, 3.05) is 5.32 Å². The second kappa shape index (κ2) is 8.44. The maximum absolute atomic E-state index is 3.73. The van der Waals surface area contributed by atoms with Crippen molar-refractivity contribution in [3.05, 3.63) is 140 Å². The number of anilines is 2. The first-order chi connectivity index (χ1) is 17.8. The van der Waals surface area contributed by atoms with Crippen molar-refractivity contribution in [1.82, 2.24) is 4.57 Å². The van der Waals surface area contributed by atoms with E-state index in [0.29, 0.717) is 0 Å². The van der Waals surface area contributed by atoms with E-state index in [-0.39, 0.29) is 0 Å². The van der Waals surface area contributed by atoms with Gasteiger partial charge in [-0.05, 0) is 70.4 Å². The molecular formula is C34H24N2. The van der Waals surface area contributed by atoms with Crippen LogP contribution in [0.25, 0.3) is 49.4 Å². The summed E-state index contributed by atoms with van der Waals surface area (Å²) in [6, 6.07) is 49.6. The molecule has 2 heteroatoms. The molecule has 0 spiro atoms. The molecule has 2 nitrogen and oxygen atoms in total. The zero-order valence-electron chi connectivity index (χ0n) is 19.7. The first-order valence-corrected chi connectivity index (χ1v) is 12.3. The van der Waals surface area contributed by atoms with Crippen molar-refractivity contribution in [2.24, 2.45) is 0 Å². The summed E-state index contributed by atoms with van der Waals surface area (Å²) in [5, 5.41) is 8.66. The number of benzene rings is 6. The highest BCUT2D eigenvalue weighted by atomic mass is 15.0. The minimum atomic E-state index is 1.08. The van der Waals surface area contributed by atoms with Crippen LogP contribution in [0, 0.1) is 0 Å². The molecule has 7 rings (SSSR count). The van der Waals surface area contributed by atoms with Crippen LogP contribution in [0.15, 0.2) is 140 Å². The number of nitrogens with zero attached hydrogens (tertiary/aromatic N) is 1. The molecule has 0 saturated carbocycles. The van der Waals surface area contributed by atoms with Crippen LogP contribution in [0.2, 0.25) is 0 Å². The van der Waals surface area contributed by atoms with Gasteiger partial charge in [-0.25, -0.2) is 0 Å². The largest absolute Gasteiger partial charge is 0.355 e. The van der Waals surface area contributed by atoms with Gasteiger partial charge in [-0.1, -0.05) is 91.0 Å². The fourth-order valence-electron chi connectivity index (χ4n) is 5.27. The van der Waals surface area contributed by atoms with E-state index in [9.17, 15) is 0 Å². The summed E-state index contributed by atoms with van der Waals surface area (Å²) in [4.78, 5) is 0. The zero-order valence-corrected chi connectivity index (χ0v) is 19.7. The normalized spacial score (nSPS) is 11.3. The van der Waals surface area contributed by atoms with E-state index >= 15 is 0 Å². The van der Waals surface area contributed by atoms with E-state index in [1.807, 2.05) is 0 Å². The number of nitrogens with one attached hydrogen (secondary N) is 1. The van der Waals surface area contributed by atoms with Crippen LogP contribution in [0.5, 0.6) is 0 Å². The molecule has 0 radical (unpaired) electrons. The molecule has 7 aromatic rings. The molecule has 0 aliphatic carbocycles. The lowest BCUT2D eigenvalue weighted by Crippen LogP contribution is -1.94. The number of para-hydroxylation sites is 2. The van der Waals surface area contributed by atoms with Gasteiger partial charge >= 0.3 is 0 Å². The second-order valence-corrected chi connectivity index (χ2v) is 9.16. The molecule has 0 unspecified atom stereocenters. The number of hydrogen-bond acceptors (Lipinski definition) is 1. The van der Waals surface area contributed by atoms with Crippen LogP contribution in [-0.4, -0.2) is 4.57 Å². The lowest BCUT2D eigenvalue weighted by Gasteiger charge is -2.11. The standard InChI is InChI=1S/C34H24N2/c1-3-10-24(11-4-1)25-18-19-27-23-28(21-20-26(27)22-25)35-31-15-9-17-33-34(31)30-14-7-8-16-32(30)36(33)29-12-5-2-6-13-29/h1-23,35H. The van der Waals surface area contributed by atoms with Crippen molar-refractivity contribution >= 4 is 44.0 Å². The molecular weight excluding hydrogens is 436 g/mol. The number of hydrogen-bond donors (Lipinski definition) is 1. The van der Waals surface area contributed by atoms with Crippen LogP contribution in [0.4, 0.5) is 11.4 Å². The second-order valence-electron chi connectivity index (χ2n) is 9.16. The Morgan fingerprint density at radius 3 is 2.03 bits per heavy atom. The number of fused-ring (bicyclic) bond motifs is 4. The first kappa shape index (κ1) is 20.5. The SMILES string of the molecule is c1ccc(-c2ccc3cc(Nc4cccc5c4c4ccccc4n5-c4ccccc4)ccc3c2)cc1. The molecule has 0 aliphatic rings. The maximum atomic E-state index is 3.73. The van der Waals surface area contributed by atoms with E-state index in [4.69, 9.17) is 0 Å². The average Bonchev–Trinajstić information content (AvgIpc) is 3.29. The lowest BCUT2D eigenvalue weighted by molar-refractivity contribution is 1.18. The molecule has 0 saturated heterocycles. The van der Waals surface area contributed by atoms with Gasteiger partial charge in [0, 0.05) is 27.8 Å². The van der Waals surface area contributed by atoms with E-state index in [1.165, 1.54) is 49.4 Å². The van der Waals surface area contributed by atoms with E-state index in [0.717, 1.165) is 11.4 Å². The summed E-state index contributed by atoms with van der Waals surface area (Å²) in [6.45, 7) is 0. The van der Waals surface area contributed by atoms with E-state index < -0.39 is 0 Å². The highest BCUT2D eigenvalue weighted by molar-refractivity contribution is 6.15. The molecule has 170 valence electrons. The molecule has 1 aromatic heterocycles. The van der Waals surface area contributed by atoms with Crippen LogP contribution >= 0.6 is 0 Å². The molecule has 0 amide bonds. The molecule has 1 heterocycles.